The molecule has 0 radical (unpaired) electrons. The first-order chi connectivity index (χ1) is 20.4. The molecule has 3 amide bonds. The molecule has 1 fully saturated rings. The molecule has 2 aromatic carbocycles. The van der Waals surface area contributed by atoms with E-state index in [0.29, 0.717) is 31.4 Å². The first-order valence-electron chi connectivity index (χ1n) is 13.8. The van der Waals surface area contributed by atoms with Crippen molar-refractivity contribution < 1.29 is 40.7 Å². The van der Waals surface area contributed by atoms with Crippen LogP contribution in [0.4, 0.5) is 23.7 Å². The van der Waals surface area contributed by atoms with Crippen molar-refractivity contribution in [3.63, 3.8) is 0 Å². The number of nitrogens with two attached hydrogens (primary N) is 1. The fraction of sp³-hybridized carbons (Fsp3) is 0.483. The van der Waals surface area contributed by atoms with E-state index in [2.05, 4.69) is 16.0 Å². The lowest BCUT2D eigenvalue weighted by molar-refractivity contribution is -0.137. The summed E-state index contributed by atoms with van der Waals surface area (Å²) in [6, 6.07) is 7.88. The van der Waals surface area contributed by atoms with E-state index in [-0.39, 0.29) is 22.4 Å². The first-order valence-corrected chi connectivity index (χ1v) is 16.7. The van der Waals surface area contributed by atoms with Gasteiger partial charge in [-0.2, -0.15) is 13.2 Å². The van der Waals surface area contributed by atoms with E-state index in [9.17, 15) is 36.0 Å². The van der Waals surface area contributed by atoms with Crippen molar-refractivity contribution in [3.8, 4) is 0 Å². The number of rotatable bonds is 9. The number of thioether (sulfide) groups is 1. The number of benzene rings is 2. The molecule has 3 rings (SSSR count). The van der Waals surface area contributed by atoms with Crippen LogP contribution in [0.25, 0.3) is 0 Å². The number of carbonyl (C=O) groups is 3. The predicted octanol–water partition coefficient (Wildman–Crippen LogP) is 4.59. The van der Waals surface area contributed by atoms with Crippen LogP contribution in [0.5, 0.6) is 0 Å². The van der Waals surface area contributed by atoms with Crippen molar-refractivity contribution in [2.75, 3.05) is 23.9 Å². The monoisotopic (exact) mass is 658 g/mol. The Morgan fingerprint density at radius 1 is 1.05 bits per heavy atom. The average Bonchev–Trinajstić information content (AvgIpc) is 2.91. The molecule has 1 saturated carbocycles. The third-order valence-corrected chi connectivity index (χ3v) is 9.46. The summed E-state index contributed by atoms with van der Waals surface area (Å²) in [4.78, 5) is 39.1. The van der Waals surface area contributed by atoms with Gasteiger partial charge in [0, 0.05) is 17.0 Å². The van der Waals surface area contributed by atoms with Gasteiger partial charge in [-0.1, -0.05) is 0 Å². The summed E-state index contributed by atoms with van der Waals surface area (Å²) in [5.41, 5.74) is 3.30. The van der Waals surface area contributed by atoms with E-state index in [4.69, 9.17) is 10.5 Å². The molecule has 1 aliphatic rings. The van der Waals surface area contributed by atoms with Crippen LogP contribution in [0.2, 0.25) is 0 Å². The van der Waals surface area contributed by atoms with E-state index in [1.54, 1.807) is 32.9 Å². The summed E-state index contributed by atoms with van der Waals surface area (Å²) in [5.74, 6) is -2.47. The van der Waals surface area contributed by atoms with Gasteiger partial charge in [-0.05, 0) is 94.7 Å². The SMILES string of the molecule is CSc1ccc(S(=O)(=O)C[C@H]2C[C@@H](N)CC[C@@H]2NC(=O)CNC(=O)c2cc(C(F)(F)F)ccc2NC(=O)OC(C)(C)C)cc1. The van der Waals surface area contributed by atoms with Crippen molar-refractivity contribution >= 4 is 45.2 Å². The zero-order valence-corrected chi connectivity index (χ0v) is 26.4. The van der Waals surface area contributed by atoms with Gasteiger partial charge in [0.25, 0.3) is 5.91 Å². The van der Waals surface area contributed by atoms with Crippen molar-refractivity contribution in [2.45, 2.75) is 73.7 Å². The number of sulfone groups is 1. The zero-order valence-electron chi connectivity index (χ0n) is 24.8. The molecule has 1 aliphatic carbocycles. The third kappa shape index (κ3) is 10.1. The number of nitrogens with one attached hydrogen (secondary N) is 3. The largest absolute Gasteiger partial charge is 0.444 e. The minimum atomic E-state index is -4.77. The van der Waals surface area contributed by atoms with Gasteiger partial charge in [-0.3, -0.25) is 14.9 Å². The normalized spacial score (nSPS) is 19.1. The molecule has 0 spiro atoms. The van der Waals surface area contributed by atoms with Crippen LogP contribution in [0.1, 0.15) is 56.0 Å². The molecule has 2 aromatic rings. The van der Waals surface area contributed by atoms with Crippen molar-refractivity contribution in [1.29, 1.82) is 0 Å². The van der Waals surface area contributed by atoms with E-state index in [1.807, 2.05) is 6.26 Å². The van der Waals surface area contributed by atoms with Crippen LogP contribution >= 0.6 is 11.8 Å². The zero-order chi connectivity index (χ0) is 32.9. The van der Waals surface area contributed by atoms with Crippen LogP contribution in [-0.2, 0) is 25.5 Å². The predicted molar refractivity (Wildman–Crippen MR) is 161 cm³/mol. The molecular weight excluding hydrogens is 621 g/mol. The van der Waals surface area contributed by atoms with Crippen LogP contribution < -0.4 is 21.7 Å². The lowest BCUT2D eigenvalue weighted by atomic mass is 9.83. The van der Waals surface area contributed by atoms with Gasteiger partial charge in [-0.25, -0.2) is 13.2 Å². The molecule has 10 nitrogen and oxygen atoms in total. The molecule has 3 atom stereocenters. The Morgan fingerprint density at radius 3 is 2.30 bits per heavy atom. The van der Waals surface area contributed by atoms with E-state index in [0.717, 1.165) is 11.0 Å². The maximum Gasteiger partial charge on any atom is 0.416 e. The second-order valence-electron chi connectivity index (χ2n) is 11.5. The van der Waals surface area contributed by atoms with Crippen molar-refractivity contribution in [1.82, 2.24) is 10.6 Å². The molecular formula is C29H37F3N4O6S2. The average molecular weight is 659 g/mol. The summed E-state index contributed by atoms with van der Waals surface area (Å²) in [5, 5.41) is 7.30. The highest BCUT2D eigenvalue weighted by Gasteiger charge is 2.35. The number of hydrogen-bond donors (Lipinski definition) is 4. The standard InChI is InChI=1S/C29H37F3N4O6S2/c1-28(2,3)42-27(39)36-24-11-5-18(29(30,31)32)14-22(24)26(38)34-15-25(37)35-23-12-6-19(33)13-17(23)16-44(40,41)21-9-7-20(43-4)8-10-21/h5,7-11,14,17,19,23H,6,12-13,15-16,33H2,1-4H3,(H,34,38)(H,35,37)(H,36,39)/t17-,19+,23+/m1/s1. The molecule has 0 unspecified atom stereocenters. The van der Waals surface area contributed by atoms with Gasteiger partial charge in [0.05, 0.1) is 34.0 Å². The molecule has 5 N–H and O–H groups in total. The lowest BCUT2D eigenvalue weighted by Gasteiger charge is -2.35. The second kappa shape index (κ2) is 14.2. The molecule has 0 bridgehead atoms. The Kier molecular flexibility index (Phi) is 11.4. The van der Waals surface area contributed by atoms with E-state index in [1.165, 1.54) is 23.9 Å². The molecule has 0 saturated heterocycles. The summed E-state index contributed by atoms with van der Waals surface area (Å²) < 4.78 is 71.6. The lowest BCUT2D eigenvalue weighted by Crippen LogP contribution is -2.50. The minimum absolute atomic E-state index is 0.156. The number of alkyl halides is 3. The van der Waals surface area contributed by atoms with Crippen LogP contribution in [0, 0.1) is 5.92 Å². The molecule has 15 heteroatoms. The summed E-state index contributed by atoms with van der Waals surface area (Å²) >= 11 is 1.48. The Hall–Kier alpha value is -3.30. The molecule has 0 heterocycles. The van der Waals surface area contributed by atoms with Gasteiger partial charge >= 0.3 is 12.3 Å². The number of amides is 3. The smallest absolute Gasteiger partial charge is 0.416 e. The highest BCUT2D eigenvalue weighted by Crippen LogP contribution is 2.32. The molecule has 0 aromatic heterocycles. The molecule has 0 aliphatic heterocycles. The van der Waals surface area contributed by atoms with Gasteiger partial charge < -0.3 is 21.1 Å². The third-order valence-electron chi connectivity index (χ3n) is 6.86. The summed E-state index contributed by atoms with van der Waals surface area (Å²) in [6.45, 7) is 4.16. The number of ether oxygens (including phenoxy) is 1. The number of carbonyl (C=O) groups excluding carboxylic acids is 3. The van der Waals surface area contributed by atoms with Gasteiger partial charge in [-0.15, -0.1) is 11.8 Å². The van der Waals surface area contributed by atoms with Crippen LogP contribution in [-0.4, -0.2) is 62.6 Å². The fourth-order valence-corrected chi connectivity index (χ4v) is 6.86. The number of anilines is 1. The fourth-order valence-electron chi connectivity index (χ4n) is 4.78. The second-order valence-corrected chi connectivity index (χ2v) is 14.4. The maximum absolute atomic E-state index is 13.4. The van der Waals surface area contributed by atoms with E-state index < -0.39 is 69.2 Å². The van der Waals surface area contributed by atoms with Gasteiger partial charge in [0.2, 0.25) is 5.91 Å². The maximum atomic E-state index is 13.4. The number of hydrogen-bond acceptors (Lipinski definition) is 8. The van der Waals surface area contributed by atoms with Crippen molar-refractivity contribution in [3.05, 3.63) is 53.6 Å². The van der Waals surface area contributed by atoms with Crippen molar-refractivity contribution in [2.24, 2.45) is 11.7 Å². The highest BCUT2D eigenvalue weighted by atomic mass is 32.2. The van der Waals surface area contributed by atoms with E-state index >= 15 is 0 Å². The van der Waals surface area contributed by atoms with Crippen LogP contribution in [0.15, 0.2) is 52.3 Å². The van der Waals surface area contributed by atoms with Gasteiger partial charge in [0.1, 0.15) is 5.60 Å². The Morgan fingerprint density at radius 2 is 1.70 bits per heavy atom. The molecule has 242 valence electrons. The first kappa shape index (κ1) is 35.2. The topological polar surface area (TPSA) is 157 Å². The van der Waals surface area contributed by atoms with Gasteiger partial charge in [0.15, 0.2) is 9.84 Å². The Bertz CT molecular complexity index is 1460. The Labute approximate surface area is 259 Å². The summed E-state index contributed by atoms with van der Waals surface area (Å²) in [6.07, 6.45) is -2.58. The van der Waals surface area contributed by atoms with Crippen LogP contribution in [0.3, 0.4) is 0 Å². The summed E-state index contributed by atoms with van der Waals surface area (Å²) in [7, 11) is -3.70. The Balaban J connectivity index is 1.70. The molecule has 44 heavy (non-hydrogen) atoms. The number of halogens is 3. The highest BCUT2D eigenvalue weighted by molar-refractivity contribution is 7.98. The minimum Gasteiger partial charge on any atom is -0.444 e. The quantitative estimate of drug-likeness (QED) is 0.285.